The average molecular weight is 381 g/mol. The number of carbonyl (C=O) groups is 1. The van der Waals surface area contributed by atoms with Crippen molar-refractivity contribution in [1.82, 2.24) is 9.55 Å². The van der Waals surface area contributed by atoms with Crippen LogP contribution in [-0.4, -0.2) is 21.5 Å². The summed E-state index contributed by atoms with van der Waals surface area (Å²) in [6, 6.07) is 14.0. The van der Waals surface area contributed by atoms with Crippen LogP contribution in [0.4, 0.5) is 4.39 Å². The van der Waals surface area contributed by atoms with Gasteiger partial charge in [0.15, 0.2) is 5.82 Å². The second-order valence-corrected chi connectivity index (χ2v) is 7.32. The van der Waals surface area contributed by atoms with Gasteiger partial charge in [-0.05, 0) is 24.3 Å². The number of hydrogen-bond donors (Lipinski definition) is 2. The smallest absolute Gasteiger partial charge is 0.262 e. The van der Waals surface area contributed by atoms with Gasteiger partial charge in [0.2, 0.25) is 5.91 Å². The molecule has 1 aromatic heterocycles. The van der Waals surface area contributed by atoms with Crippen LogP contribution in [0.15, 0.2) is 53.3 Å². The number of nitrogens with one attached hydrogen (secondary N) is 1. The van der Waals surface area contributed by atoms with E-state index in [-0.39, 0.29) is 17.9 Å². The van der Waals surface area contributed by atoms with Crippen LogP contribution in [0, 0.1) is 5.82 Å². The van der Waals surface area contributed by atoms with Crippen molar-refractivity contribution in [1.29, 1.82) is 0 Å². The van der Waals surface area contributed by atoms with Crippen LogP contribution >= 0.6 is 0 Å². The Kier molecular flexibility index (Phi) is 4.92. The first-order valence-electron chi connectivity index (χ1n) is 9.37. The molecular formula is C21H22FN4O2+. The summed E-state index contributed by atoms with van der Waals surface area (Å²) in [6.45, 7) is 1.00. The SMILES string of the molecule is NC(=O)Cn1c(C[NH+](Cc2ccc(F)cc2)C2CC2)nc2ccccc2c1=O. The lowest BCUT2D eigenvalue weighted by Gasteiger charge is -2.21. The van der Waals surface area contributed by atoms with E-state index in [1.54, 1.807) is 30.3 Å². The summed E-state index contributed by atoms with van der Waals surface area (Å²) in [5.41, 5.74) is 6.76. The number of amides is 1. The van der Waals surface area contributed by atoms with Crippen molar-refractivity contribution in [3.63, 3.8) is 0 Å². The fourth-order valence-electron chi connectivity index (χ4n) is 3.58. The van der Waals surface area contributed by atoms with Gasteiger partial charge in [0.05, 0.1) is 16.9 Å². The standard InChI is InChI=1S/C21H21FN4O2/c22-15-7-5-14(6-8-15)11-25(16-9-10-16)13-20-24-18-4-2-1-3-17(18)21(28)26(20)12-19(23)27/h1-8,16H,9-13H2,(H2,23,27)/p+1. The van der Waals surface area contributed by atoms with E-state index in [9.17, 15) is 14.0 Å². The minimum absolute atomic E-state index is 0.194. The highest BCUT2D eigenvalue weighted by molar-refractivity contribution is 5.78. The van der Waals surface area contributed by atoms with E-state index < -0.39 is 5.91 Å². The molecule has 1 amide bonds. The Morgan fingerprint density at radius 2 is 1.86 bits per heavy atom. The van der Waals surface area contributed by atoms with E-state index in [1.807, 2.05) is 6.07 Å². The summed E-state index contributed by atoms with van der Waals surface area (Å²) in [5.74, 6) is -0.290. The molecule has 144 valence electrons. The quantitative estimate of drug-likeness (QED) is 0.634. The van der Waals surface area contributed by atoms with E-state index in [2.05, 4.69) is 4.98 Å². The third kappa shape index (κ3) is 3.94. The zero-order chi connectivity index (χ0) is 19.7. The van der Waals surface area contributed by atoms with Crippen LogP contribution in [0.2, 0.25) is 0 Å². The number of hydrogen-bond acceptors (Lipinski definition) is 3. The summed E-state index contributed by atoms with van der Waals surface area (Å²) in [6.07, 6.45) is 2.20. The molecule has 1 aliphatic rings. The Labute approximate surface area is 161 Å². The van der Waals surface area contributed by atoms with Gasteiger partial charge in [0.25, 0.3) is 5.56 Å². The summed E-state index contributed by atoms with van der Waals surface area (Å²) in [7, 11) is 0. The summed E-state index contributed by atoms with van der Waals surface area (Å²) in [5, 5.41) is 0.471. The normalized spacial score (nSPS) is 14.9. The Morgan fingerprint density at radius 3 is 2.54 bits per heavy atom. The first kappa shape index (κ1) is 18.3. The minimum Gasteiger partial charge on any atom is -0.368 e. The lowest BCUT2D eigenvalue weighted by molar-refractivity contribution is -0.939. The van der Waals surface area contributed by atoms with Crippen molar-refractivity contribution >= 4 is 16.8 Å². The number of rotatable bonds is 7. The molecule has 1 saturated carbocycles. The molecule has 1 fully saturated rings. The van der Waals surface area contributed by atoms with Crippen molar-refractivity contribution in [2.45, 2.75) is 38.5 Å². The molecule has 7 heteroatoms. The first-order valence-corrected chi connectivity index (χ1v) is 9.37. The van der Waals surface area contributed by atoms with Gasteiger partial charge in [-0.25, -0.2) is 9.37 Å². The Bertz CT molecular complexity index is 1070. The first-order chi connectivity index (χ1) is 13.5. The van der Waals surface area contributed by atoms with Gasteiger partial charge >= 0.3 is 0 Å². The number of primary amides is 1. The van der Waals surface area contributed by atoms with Gasteiger partial charge < -0.3 is 10.6 Å². The van der Waals surface area contributed by atoms with Crippen LogP contribution in [0.1, 0.15) is 24.2 Å². The van der Waals surface area contributed by atoms with Crippen LogP contribution in [0.5, 0.6) is 0 Å². The number of carbonyl (C=O) groups excluding carboxylic acids is 1. The molecule has 0 aliphatic heterocycles. The molecule has 0 bridgehead atoms. The minimum atomic E-state index is -0.577. The highest BCUT2D eigenvalue weighted by Crippen LogP contribution is 2.17. The molecule has 3 N–H and O–H groups in total. The number of quaternary nitrogens is 1. The molecule has 1 aliphatic carbocycles. The molecule has 1 heterocycles. The lowest BCUT2D eigenvalue weighted by Crippen LogP contribution is -3.11. The zero-order valence-corrected chi connectivity index (χ0v) is 15.4. The van der Waals surface area contributed by atoms with Gasteiger partial charge in [0, 0.05) is 18.4 Å². The molecule has 1 unspecified atom stereocenters. The van der Waals surface area contributed by atoms with Gasteiger partial charge in [-0.1, -0.05) is 24.3 Å². The predicted molar refractivity (Wildman–Crippen MR) is 103 cm³/mol. The summed E-state index contributed by atoms with van der Waals surface area (Å²) < 4.78 is 14.6. The molecule has 0 saturated heterocycles. The molecule has 3 aromatic rings. The third-order valence-electron chi connectivity index (χ3n) is 5.14. The monoisotopic (exact) mass is 381 g/mol. The summed E-state index contributed by atoms with van der Waals surface area (Å²) in [4.78, 5) is 30.4. The molecule has 1 atom stereocenters. The average Bonchev–Trinajstić information content (AvgIpc) is 3.51. The predicted octanol–water partition coefficient (Wildman–Crippen LogP) is 0.768. The fourth-order valence-corrected chi connectivity index (χ4v) is 3.58. The van der Waals surface area contributed by atoms with Gasteiger partial charge in [-0.15, -0.1) is 0 Å². The molecule has 4 rings (SSSR count). The van der Waals surface area contributed by atoms with E-state index >= 15 is 0 Å². The van der Waals surface area contributed by atoms with Gasteiger partial charge in [0.1, 0.15) is 25.5 Å². The largest absolute Gasteiger partial charge is 0.368 e. The Balaban J connectivity index is 1.70. The fraction of sp³-hybridized carbons (Fsp3) is 0.286. The van der Waals surface area contributed by atoms with E-state index in [4.69, 9.17) is 5.73 Å². The number of nitrogens with zero attached hydrogens (tertiary/aromatic N) is 2. The number of fused-ring (bicyclic) bond motifs is 1. The van der Waals surface area contributed by atoms with E-state index in [0.717, 1.165) is 18.4 Å². The van der Waals surface area contributed by atoms with Crippen LogP contribution in [0.3, 0.4) is 0 Å². The van der Waals surface area contributed by atoms with Crippen molar-refractivity contribution in [2.24, 2.45) is 5.73 Å². The number of nitrogens with two attached hydrogens (primary N) is 1. The van der Waals surface area contributed by atoms with Crippen molar-refractivity contribution in [3.8, 4) is 0 Å². The third-order valence-corrected chi connectivity index (χ3v) is 5.14. The molecule has 0 radical (unpaired) electrons. The van der Waals surface area contributed by atoms with Crippen LogP contribution in [-0.2, 0) is 24.4 Å². The maximum atomic E-state index is 13.2. The zero-order valence-electron chi connectivity index (χ0n) is 15.4. The van der Waals surface area contributed by atoms with Crippen molar-refractivity contribution in [3.05, 3.63) is 76.1 Å². The Hall–Kier alpha value is -3.06. The van der Waals surface area contributed by atoms with E-state index in [1.165, 1.54) is 21.6 Å². The number of halogens is 1. The number of benzene rings is 2. The molecule has 28 heavy (non-hydrogen) atoms. The van der Waals surface area contributed by atoms with Crippen molar-refractivity contribution in [2.75, 3.05) is 0 Å². The van der Waals surface area contributed by atoms with Crippen LogP contribution < -0.4 is 16.2 Å². The topological polar surface area (TPSA) is 82.4 Å². The second kappa shape index (κ2) is 7.52. The lowest BCUT2D eigenvalue weighted by atomic mass is 10.2. The number of para-hydroxylation sites is 1. The molecule has 2 aromatic carbocycles. The summed E-state index contributed by atoms with van der Waals surface area (Å²) >= 11 is 0. The van der Waals surface area contributed by atoms with Crippen molar-refractivity contribution < 1.29 is 14.1 Å². The Morgan fingerprint density at radius 1 is 1.14 bits per heavy atom. The number of aromatic nitrogens is 2. The second-order valence-electron chi connectivity index (χ2n) is 7.32. The highest BCUT2D eigenvalue weighted by Gasteiger charge is 2.34. The van der Waals surface area contributed by atoms with Gasteiger partial charge in [-0.2, -0.15) is 0 Å². The van der Waals surface area contributed by atoms with Gasteiger partial charge in [-0.3, -0.25) is 14.2 Å². The van der Waals surface area contributed by atoms with Crippen LogP contribution in [0.25, 0.3) is 10.9 Å². The maximum Gasteiger partial charge on any atom is 0.262 e. The highest BCUT2D eigenvalue weighted by atomic mass is 19.1. The molecule has 6 nitrogen and oxygen atoms in total. The molecular weight excluding hydrogens is 359 g/mol. The maximum absolute atomic E-state index is 13.2. The van der Waals surface area contributed by atoms with E-state index in [0.29, 0.717) is 35.9 Å². The molecule has 0 spiro atoms.